The predicted molar refractivity (Wildman–Crippen MR) is 70.1 cm³/mol. The maximum absolute atomic E-state index is 6.12. The van der Waals surface area contributed by atoms with E-state index in [1.165, 1.54) is 5.69 Å². The molecule has 2 heterocycles. The second-order valence-electron chi connectivity index (χ2n) is 4.31. The monoisotopic (exact) mass is 250 g/mol. The molecule has 17 heavy (non-hydrogen) atoms. The van der Waals surface area contributed by atoms with Gasteiger partial charge in [0, 0.05) is 36.8 Å². The number of nitrogens with zero attached hydrogens (tertiary/aromatic N) is 3. The summed E-state index contributed by atoms with van der Waals surface area (Å²) in [6.07, 6.45) is 4.63. The first-order chi connectivity index (χ1) is 8.15. The lowest BCUT2D eigenvalue weighted by Gasteiger charge is -2.09. The van der Waals surface area contributed by atoms with Crippen LogP contribution in [0.3, 0.4) is 0 Å². The summed E-state index contributed by atoms with van der Waals surface area (Å²) in [5.74, 6) is 0. The maximum Gasteiger partial charge on any atom is 0.0897 e. The summed E-state index contributed by atoms with van der Waals surface area (Å²) in [5, 5.41) is 7.35. The Morgan fingerprint density at radius 3 is 2.94 bits per heavy atom. The molecule has 0 bridgehead atoms. The van der Waals surface area contributed by atoms with Crippen molar-refractivity contribution >= 4 is 11.3 Å². The molecule has 92 valence electrons. The van der Waals surface area contributed by atoms with E-state index in [0.717, 1.165) is 30.0 Å². The van der Waals surface area contributed by atoms with Crippen molar-refractivity contribution < 1.29 is 0 Å². The van der Waals surface area contributed by atoms with Gasteiger partial charge in [-0.25, -0.2) is 4.98 Å². The summed E-state index contributed by atoms with van der Waals surface area (Å²) >= 11 is 1.68. The third-order valence-corrected chi connectivity index (χ3v) is 3.65. The summed E-state index contributed by atoms with van der Waals surface area (Å²) in [6, 6.07) is 2.21. The average molecular weight is 250 g/mol. The zero-order valence-electron chi connectivity index (χ0n) is 10.3. The Labute approximate surface area is 105 Å². The fraction of sp³-hybridized carbons (Fsp3) is 0.500. The van der Waals surface area contributed by atoms with Crippen molar-refractivity contribution in [3.05, 3.63) is 34.0 Å². The quantitative estimate of drug-likeness (QED) is 0.878. The van der Waals surface area contributed by atoms with Crippen LogP contribution in [0.4, 0.5) is 0 Å². The van der Waals surface area contributed by atoms with Gasteiger partial charge in [-0.15, -0.1) is 11.3 Å². The summed E-state index contributed by atoms with van der Waals surface area (Å²) in [5.41, 5.74) is 8.46. The molecule has 1 atom stereocenters. The molecule has 5 heteroatoms. The lowest BCUT2D eigenvalue weighted by molar-refractivity contribution is 0.582. The Morgan fingerprint density at radius 1 is 1.53 bits per heavy atom. The van der Waals surface area contributed by atoms with Gasteiger partial charge in [0.2, 0.25) is 0 Å². The van der Waals surface area contributed by atoms with Crippen LogP contribution in [0.1, 0.15) is 22.8 Å². The van der Waals surface area contributed by atoms with Crippen LogP contribution in [0.25, 0.3) is 0 Å². The topological polar surface area (TPSA) is 56.7 Å². The molecule has 0 radical (unpaired) electrons. The van der Waals surface area contributed by atoms with Gasteiger partial charge in [0.1, 0.15) is 0 Å². The molecule has 0 aliphatic rings. The standard InChI is InChI=1S/C12H18N4S/c1-9-15-11(8-17-9)7-10(13)3-4-12-5-6-14-16(12)2/h5-6,8,10H,3-4,7,13H2,1-2H3. The Hall–Kier alpha value is -1.20. The predicted octanol–water partition coefficient (Wildman–Crippen LogP) is 1.69. The van der Waals surface area contributed by atoms with Crippen molar-refractivity contribution in [2.24, 2.45) is 12.8 Å². The number of aromatic nitrogens is 3. The van der Waals surface area contributed by atoms with Crippen LogP contribution in [0.2, 0.25) is 0 Å². The van der Waals surface area contributed by atoms with Gasteiger partial charge in [0.05, 0.1) is 10.7 Å². The molecule has 2 rings (SSSR count). The van der Waals surface area contributed by atoms with Crippen molar-refractivity contribution in [1.82, 2.24) is 14.8 Å². The normalized spacial score (nSPS) is 12.9. The minimum absolute atomic E-state index is 0.173. The van der Waals surface area contributed by atoms with Gasteiger partial charge < -0.3 is 5.73 Å². The number of nitrogens with two attached hydrogens (primary N) is 1. The molecular weight excluding hydrogens is 232 g/mol. The molecule has 0 spiro atoms. The van der Waals surface area contributed by atoms with Crippen molar-refractivity contribution in [2.45, 2.75) is 32.2 Å². The first-order valence-corrected chi connectivity index (χ1v) is 6.66. The van der Waals surface area contributed by atoms with E-state index in [1.54, 1.807) is 11.3 Å². The third-order valence-electron chi connectivity index (χ3n) is 2.83. The Bertz CT molecular complexity index is 474. The van der Waals surface area contributed by atoms with E-state index >= 15 is 0 Å². The van der Waals surface area contributed by atoms with E-state index in [-0.39, 0.29) is 6.04 Å². The molecule has 1 unspecified atom stereocenters. The Morgan fingerprint density at radius 2 is 2.35 bits per heavy atom. The van der Waals surface area contributed by atoms with E-state index in [0.29, 0.717) is 0 Å². The zero-order chi connectivity index (χ0) is 12.3. The molecule has 4 nitrogen and oxygen atoms in total. The number of thiazole rings is 1. The maximum atomic E-state index is 6.12. The van der Waals surface area contributed by atoms with Crippen LogP contribution >= 0.6 is 11.3 Å². The van der Waals surface area contributed by atoms with Crippen LogP contribution < -0.4 is 5.73 Å². The van der Waals surface area contributed by atoms with Gasteiger partial charge in [-0.1, -0.05) is 0 Å². The zero-order valence-corrected chi connectivity index (χ0v) is 11.1. The van der Waals surface area contributed by atoms with Crippen molar-refractivity contribution in [3.8, 4) is 0 Å². The lowest BCUT2D eigenvalue weighted by Crippen LogP contribution is -2.24. The minimum Gasteiger partial charge on any atom is -0.327 e. The van der Waals surface area contributed by atoms with Crippen molar-refractivity contribution in [1.29, 1.82) is 0 Å². The molecule has 0 fully saturated rings. The molecule has 0 amide bonds. The van der Waals surface area contributed by atoms with E-state index in [9.17, 15) is 0 Å². The molecule has 2 aromatic heterocycles. The molecule has 2 N–H and O–H groups in total. The van der Waals surface area contributed by atoms with Crippen LogP contribution in [-0.2, 0) is 19.9 Å². The minimum atomic E-state index is 0.173. The van der Waals surface area contributed by atoms with Gasteiger partial charge in [-0.05, 0) is 25.8 Å². The van der Waals surface area contributed by atoms with Crippen LogP contribution in [-0.4, -0.2) is 20.8 Å². The fourth-order valence-corrected chi connectivity index (χ4v) is 2.48. The first-order valence-electron chi connectivity index (χ1n) is 5.78. The van der Waals surface area contributed by atoms with Crippen molar-refractivity contribution in [2.75, 3.05) is 0 Å². The molecule has 0 saturated heterocycles. The average Bonchev–Trinajstić information content (AvgIpc) is 2.85. The number of hydrogen-bond donors (Lipinski definition) is 1. The van der Waals surface area contributed by atoms with Gasteiger partial charge >= 0.3 is 0 Å². The molecule has 0 aromatic carbocycles. The van der Waals surface area contributed by atoms with Crippen molar-refractivity contribution in [3.63, 3.8) is 0 Å². The third kappa shape index (κ3) is 3.38. The summed E-state index contributed by atoms with van der Waals surface area (Å²) < 4.78 is 1.90. The number of hydrogen-bond acceptors (Lipinski definition) is 4. The first kappa shape index (κ1) is 12.3. The van der Waals surface area contributed by atoms with Crippen LogP contribution in [0, 0.1) is 6.92 Å². The largest absolute Gasteiger partial charge is 0.327 e. The fourth-order valence-electron chi connectivity index (χ4n) is 1.85. The van der Waals surface area contributed by atoms with E-state index in [1.807, 2.05) is 30.9 Å². The molecule has 2 aromatic rings. The Balaban J connectivity index is 1.82. The van der Waals surface area contributed by atoms with E-state index < -0.39 is 0 Å². The van der Waals surface area contributed by atoms with Gasteiger partial charge in [0.25, 0.3) is 0 Å². The number of aryl methyl sites for hydroxylation is 3. The number of rotatable bonds is 5. The van der Waals surface area contributed by atoms with Crippen LogP contribution in [0.5, 0.6) is 0 Å². The molecule has 0 aliphatic carbocycles. The summed E-state index contributed by atoms with van der Waals surface area (Å²) in [6.45, 7) is 2.02. The SMILES string of the molecule is Cc1nc(CC(N)CCc2ccnn2C)cs1. The smallest absolute Gasteiger partial charge is 0.0897 e. The highest BCUT2D eigenvalue weighted by atomic mass is 32.1. The van der Waals surface area contributed by atoms with Gasteiger partial charge in [0.15, 0.2) is 0 Å². The lowest BCUT2D eigenvalue weighted by atomic mass is 10.1. The Kier molecular flexibility index (Phi) is 3.91. The summed E-state index contributed by atoms with van der Waals surface area (Å²) in [4.78, 5) is 4.43. The second kappa shape index (κ2) is 5.42. The highest BCUT2D eigenvalue weighted by molar-refractivity contribution is 7.09. The second-order valence-corrected chi connectivity index (χ2v) is 5.37. The van der Waals surface area contributed by atoms with Crippen LogP contribution in [0.15, 0.2) is 17.6 Å². The van der Waals surface area contributed by atoms with E-state index in [4.69, 9.17) is 5.73 Å². The highest BCUT2D eigenvalue weighted by Crippen LogP contribution is 2.11. The van der Waals surface area contributed by atoms with Gasteiger partial charge in [-0.2, -0.15) is 5.10 Å². The highest BCUT2D eigenvalue weighted by Gasteiger charge is 2.08. The molecular formula is C12H18N4S. The van der Waals surface area contributed by atoms with Gasteiger partial charge in [-0.3, -0.25) is 4.68 Å². The molecule has 0 aliphatic heterocycles. The van der Waals surface area contributed by atoms with E-state index in [2.05, 4.69) is 15.5 Å². The molecule has 0 saturated carbocycles. The summed E-state index contributed by atoms with van der Waals surface area (Å²) in [7, 11) is 1.96.